The third kappa shape index (κ3) is 4.54. The highest BCUT2D eigenvalue weighted by molar-refractivity contribution is 6.30. The van der Waals surface area contributed by atoms with Crippen LogP contribution in [0.5, 0.6) is 5.75 Å². The lowest BCUT2D eigenvalue weighted by molar-refractivity contribution is -0.120. The lowest BCUT2D eigenvalue weighted by Crippen LogP contribution is -2.41. The maximum absolute atomic E-state index is 12.8. The van der Waals surface area contributed by atoms with Crippen LogP contribution in [0.1, 0.15) is 12.8 Å². The van der Waals surface area contributed by atoms with Crippen LogP contribution in [0.3, 0.4) is 0 Å². The first-order valence-electron chi connectivity index (χ1n) is 9.92. The van der Waals surface area contributed by atoms with Crippen LogP contribution in [0, 0.1) is 5.92 Å². The quantitative estimate of drug-likeness (QED) is 0.647. The van der Waals surface area contributed by atoms with E-state index in [4.69, 9.17) is 16.3 Å². The highest BCUT2D eigenvalue weighted by Gasteiger charge is 2.27. The summed E-state index contributed by atoms with van der Waals surface area (Å²) in [4.78, 5) is 15.0. The lowest BCUT2D eigenvalue weighted by Gasteiger charge is -2.32. The molecule has 2 heterocycles. The van der Waals surface area contributed by atoms with E-state index in [0.717, 1.165) is 36.5 Å². The lowest BCUT2D eigenvalue weighted by atomic mass is 9.97. The summed E-state index contributed by atoms with van der Waals surface area (Å²) in [5.74, 6) is 1.31. The number of halogens is 1. The van der Waals surface area contributed by atoms with E-state index in [1.165, 1.54) is 0 Å². The molecule has 1 amide bonds. The van der Waals surface area contributed by atoms with Gasteiger partial charge >= 0.3 is 0 Å². The number of rotatable bonds is 5. The summed E-state index contributed by atoms with van der Waals surface area (Å²) < 4.78 is 5.33. The number of para-hydroxylation sites is 2. The number of piperidine rings is 1. The maximum Gasteiger partial charge on any atom is 0.229 e. The SMILES string of the molecule is COc1ccccc1NC(=O)C1CCCN(c2ccc(-c3ccc(Cl)cc3)nn2)C1. The third-order valence-electron chi connectivity index (χ3n) is 5.27. The van der Waals surface area contributed by atoms with Crippen LogP contribution in [-0.2, 0) is 4.79 Å². The zero-order chi connectivity index (χ0) is 20.9. The van der Waals surface area contributed by atoms with Gasteiger partial charge in [-0.3, -0.25) is 4.79 Å². The van der Waals surface area contributed by atoms with E-state index in [2.05, 4.69) is 20.4 Å². The average Bonchev–Trinajstić information content (AvgIpc) is 2.80. The number of ether oxygens (including phenoxy) is 1. The molecule has 1 fully saturated rings. The van der Waals surface area contributed by atoms with Crippen molar-refractivity contribution in [3.8, 4) is 17.0 Å². The van der Waals surface area contributed by atoms with Gasteiger partial charge in [-0.2, -0.15) is 0 Å². The minimum atomic E-state index is -0.124. The van der Waals surface area contributed by atoms with Crippen LogP contribution < -0.4 is 15.0 Å². The standard InChI is InChI=1S/C23H23ClN4O2/c1-30-21-7-3-2-6-20(21)25-23(29)17-5-4-14-28(15-17)22-13-12-19(26-27-22)16-8-10-18(24)11-9-16/h2-3,6-13,17H,4-5,14-15H2,1H3,(H,25,29). The van der Waals surface area contributed by atoms with Crippen molar-refractivity contribution in [2.45, 2.75) is 12.8 Å². The van der Waals surface area contributed by atoms with Crippen molar-refractivity contribution in [1.82, 2.24) is 10.2 Å². The van der Waals surface area contributed by atoms with Crippen molar-refractivity contribution in [3.63, 3.8) is 0 Å². The second-order valence-electron chi connectivity index (χ2n) is 7.26. The maximum atomic E-state index is 12.8. The number of carbonyl (C=O) groups is 1. The summed E-state index contributed by atoms with van der Waals surface area (Å²) in [5.41, 5.74) is 2.44. The van der Waals surface area contributed by atoms with Crippen LogP contribution in [0.15, 0.2) is 60.7 Å². The number of nitrogens with one attached hydrogen (secondary N) is 1. The molecule has 1 saturated heterocycles. The van der Waals surface area contributed by atoms with E-state index in [1.54, 1.807) is 7.11 Å². The van der Waals surface area contributed by atoms with E-state index in [1.807, 2.05) is 60.7 Å². The van der Waals surface area contributed by atoms with Gasteiger partial charge in [0.2, 0.25) is 5.91 Å². The summed E-state index contributed by atoms with van der Waals surface area (Å²) in [6, 6.07) is 18.9. The molecular formula is C23H23ClN4O2. The van der Waals surface area contributed by atoms with E-state index in [9.17, 15) is 4.79 Å². The molecule has 3 aromatic rings. The van der Waals surface area contributed by atoms with Gasteiger partial charge in [-0.25, -0.2) is 0 Å². The van der Waals surface area contributed by atoms with Gasteiger partial charge < -0.3 is 15.0 Å². The van der Waals surface area contributed by atoms with Gasteiger partial charge in [-0.05, 0) is 49.2 Å². The molecule has 1 aromatic heterocycles. The normalized spacial score (nSPS) is 16.2. The highest BCUT2D eigenvalue weighted by atomic mass is 35.5. The number of anilines is 2. The molecule has 0 spiro atoms. The number of aromatic nitrogens is 2. The van der Waals surface area contributed by atoms with Gasteiger partial charge in [0.15, 0.2) is 5.82 Å². The number of methoxy groups -OCH3 is 1. The largest absolute Gasteiger partial charge is 0.495 e. The predicted molar refractivity (Wildman–Crippen MR) is 119 cm³/mol. The topological polar surface area (TPSA) is 67.3 Å². The zero-order valence-corrected chi connectivity index (χ0v) is 17.5. The summed E-state index contributed by atoms with van der Waals surface area (Å²) in [6.45, 7) is 1.46. The first-order chi connectivity index (χ1) is 14.6. The second-order valence-corrected chi connectivity index (χ2v) is 7.69. The number of nitrogens with zero attached hydrogens (tertiary/aromatic N) is 3. The van der Waals surface area contributed by atoms with Gasteiger partial charge in [0, 0.05) is 23.7 Å². The summed E-state index contributed by atoms with van der Waals surface area (Å²) in [5, 5.41) is 12.4. The number of amides is 1. The van der Waals surface area contributed by atoms with Crippen LogP contribution in [-0.4, -0.2) is 36.3 Å². The molecule has 6 nitrogen and oxygen atoms in total. The Balaban J connectivity index is 1.43. The summed E-state index contributed by atoms with van der Waals surface area (Å²) in [7, 11) is 1.60. The molecule has 154 valence electrons. The minimum absolute atomic E-state index is 0.00468. The summed E-state index contributed by atoms with van der Waals surface area (Å²) >= 11 is 5.95. The molecule has 0 radical (unpaired) electrons. The number of carbonyl (C=O) groups excluding carboxylic acids is 1. The van der Waals surface area contributed by atoms with Crippen molar-refractivity contribution < 1.29 is 9.53 Å². The smallest absolute Gasteiger partial charge is 0.229 e. The first-order valence-corrected chi connectivity index (χ1v) is 10.3. The molecule has 0 aliphatic carbocycles. The average molecular weight is 423 g/mol. The first kappa shape index (κ1) is 20.2. The van der Waals surface area contributed by atoms with Crippen molar-refractivity contribution in [3.05, 3.63) is 65.7 Å². The second kappa shape index (κ2) is 9.13. The highest BCUT2D eigenvalue weighted by Crippen LogP contribution is 2.27. The Morgan fingerprint density at radius 3 is 2.63 bits per heavy atom. The van der Waals surface area contributed by atoms with Crippen molar-refractivity contribution in [2.24, 2.45) is 5.92 Å². The molecule has 4 rings (SSSR count). The van der Waals surface area contributed by atoms with Crippen LogP contribution >= 0.6 is 11.6 Å². The van der Waals surface area contributed by atoms with Crippen LogP contribution in [0.25, 0.3) is 11.3 Å². The molecule has 1 aliphatic rings. The van der Waals surface area contributed by atoms with Crippen molar-refractivity contribution in [1.29, 1.82) is 0 Å². The molecule has 7 heteroatoms. The van der Waals surface area contributed by atoms with Gasteiger partial charge in [0.1, 0.15) is 5.75 Å². The van der Waals surface area contributed by atoms with E-state index in [-0.39, 0.29) is 11.8 Å². The molecule has 1 aliphatic heterocycles. The Morgan fingerprint density at radius 1 is 1.10 bits per heavy atom. The van der Waals surface area contributed by atoms with Crippen LogP contribution in [0.2, 0.25) is 5.02 Å². The van der Waals surface area contributed by atoms with Crippen molar-refractivity contribution >= 4 is 29.0 Å². The number of hydrogen-bond acceptors (Lipinski definition) is 5. The molecule has 2 aromatic carbocycles. The Kier molecular flexibility index (Phi) is 6.14. The van der Waals surface area contributed by atoms with Gasteiger partial charge in [0.25, 0.3) is 0 Å². The molecule has 30 heavy (non-hydrogen) atoms. The fraction of sp³-hybridized carbons (Fsp3) is 0.261. The van der Waals surface area contributed by atoms with Gasteiger partial charge in [-0.1, -0.05) is 35.9 Å². The van der Waals surface area contributed by atoms with E-state index in [0.29, 0.717) is 23.0 Å². The molecule has 1 atom stereocenters. The van der Waals surface area contributed by atoms with Gasteiger partial charge in [0.05, 0.1) is 24.4 Å². The van der Waals surface area contributed by atoms with E-state index < -0.39 is 0 Å². The Labute approximate surface area is 180 Å². The molecular weight excluding hydrogens is 400 g/mol. The molecule has 1 N–H and O–H groups in total. The number of benzene rings is 2. The fourth-order valence-electron chi connectivity index (χ4n) is 3.65. The molecule has 0 saturated carbocycles. The Morgan fingerprint density at radius 2 is 1.90 bits per heavy atom. The van der Waals surface area contributed by atoms with Crippen molar-refractivity contribution in [2.75, 3.05) is 30.4 Å². The predicted octanol–water partition coefficient (Wildman–Crippen LogP) is 4.66. The molecule has 1 unspecified atom stereocenters. The van der Waals surface area contributed by atoms with E-state index >= 15 is 0 Å². The Hall–Kier alpha value is -3.12. The van der Waals surface area contributed by atoms with Gasteiger partial charge in [-0.15, -0.1) is 10.2 Å². The minimum Gasteiger partial charge on any atom is -0.495 e. The van der Waals surface area contributed by atoms with Crippen LogP contribution in [0.4, 0.5) is 11.5 Å². The monoisotopic (exact) mass is 422 g/mol. The Bertz CT molecular complexity index is 1010. The zero-order valence-electron chi connectivity index (χ0n) is 16.7. The fourth-order valence-corrected chi connectivity index (χ4v) is 3.78. The molecule has 0 bridgehead atoms. The summed E-state index contributed by atoms with van der Waals surface area (Å²) in [6.07, 6.45) is 1.76. The number of hydrogen-bond donors (Lipinski definition) is 1. The third-order valence-corrected chi connectivity index (χ3v) is 5.52.